The Morgan fingerprint density at radius 1 is 0.380 bits per heavy atom. The number of fused-ring (bicyclic) bond motifs is 8. The number of hydrogen-bond donors (Lipinski definition) is 4. The molecule has 23 nitrogen and oxygen atoms in total. The van der Waals surface area contributed by atoms with E-state index < -0.39 is 40.1 Å². The van der Waals surface area contributed by atoms with Gasteiger partial charge in [-0.1, -0.05) is 265 Å². The molecular formula is C93H123N7O16S5. The number of methoxy groups -OCH3 is 1. The summed E-state index contributed by atoms with van der Waals surface area (Å²) in [6.45, 7) is 17.9. The molecule has 8 aromatic rings. The molecule has 4 unspecified atom stereocenters. The predicted molar refractivity (Wildman–Crippen MR) is 478 cm³/mol. The number of phenols is 1. The Morgan fingerprint density at radius 2 is 0.736 bits per heavy atom. The Bertz CT molecular complexity index is 5160. The van der Waals surface area contributed by atoms with Crippen molar-refractivity contribution in [3.8, 4) is 5.75 Å². The smallest absolute Gasteiger partial charge is 0.373 e. The van der Waals surface area contributed by atoms with Gasteiger partial charge < -0.3 is 25.8 Å². The van der Waals surface area contributed by atoms with Crippen LogP contribution in [-0.4, -0.2) is 124 Å². The van der Waals surface area contributed by atoms with Gasteiger partial charge in [0.1, 0.15) is 5.75 Å². The molecule has 0 saturated heterocycles. The molecule has 4 N–H and O–H groups in total. The summed E-state index contributed by atoms with van der Waals surface area (Å²) in [5.41, 5.74) is 11.9. The van der Waals surface area contributed by atoms with Crippen LogP contribution in [0.4, 0.5) is 22.7 Å². The number of unbranched alkanes of at least 4 members (excludes halogenated alkanes) is 16. The normalized spacial score (nSPS) is 16.6. The van der Waals surface area contributed by atoms with Gasteiger partial charge in [-0.2, -0.15) is 28.8 Å². The van der Waals surface area contributed by atoms with E-state index in [1.165, 1.54) is 127 Å². The first-order chi connectivity index (χ1) is 58.0. The molecule has 0 aliphatic carbocycles. The maximum absolute atomic E-state index is 13.4. The number of benzene rings is 8. The van der Waals surface area contributed by atoms with Crippen molar-refractivity contribution in [2.24, 2.45) is 0 Å². The molecule has 8 aromatic carbocycles. The topological polar surface area (TPSA) is 317 Å². The molecule has 121 heavy (non-hydrogen) atoms. The lowest BCUT2D eigenvalue weighted by Crippen LogP contribution is -2.26. The van der Waals surface area contributed by atoms with E-state index in [2.05, 4.69) is 62.7 Å². The number of nitrogens with one attached hydrogen (secondary N) is 3. The van der Waals surface area contributed by atoms with Crippen LogP contribution < -0.4 is 33.2 Å². The van der Waals surface area contributed by atoms with E-state index in [0.29, 0.717) is 37.9 Å². The third-order valence-corrected chi connectivity index (χ3v) is 30.0. The van der Waals surface area contributed by atoms with Gasteiger partial charge in [-0.05, 0) is 158 Å². The van der Waals surface area contributed by atoms with Gasteiger partial charge in [0.2, 0.25) is 0 Å². The van der Waals surface area contributed by atoms with E-state index in [1.54, 1.807) is 70.3 Å². The second-order valence-electron chi connectivity index (χ2n) is 30.5. The number of ether oxygens (including phenoxy) is 1. The van der Waals surface area contributed by atoms with Crippen molar-refractivity contribution in [3.63, 3.8) is 0 Å². The monoisotopic (exact) mass is 1750 g/mol. The summed E-state index contributed by atoms with van der Waals surface area (Å²) in [4.78, 5) is 51.3. The SMILES string of the molecule is CCCCCCCCCC1c2ccccc2N(C)S(=O)(=O)c2ccc(C)cc21.CCCCCCCCNC1c2ccccc2N(C)S(=O)(=O)c2cc(C)ccc21.CCCCCCCCNC1c2ccccc2S(=O)(=O)N(C)c2c(O)cccc21.COCCCNC1c2ccccc2N(C)S(=O)(=O)c2cc(SC(C)C)ccc21.O=C=O.O=C=O.O=C=O. The fourth-order valence-corrected chi connectivity index (χ4v) is 22.5. The minimum Gasteiger partial charge on any atom is -0.506 e. The van der Waals surface area contributed by atoms with Crippen molar-refractivity contribution in [2.45, 2.75) is 237 Å². The standard InChI is InChI=1S/C24H33NO2S.C23H32N2O2S.C22H30N2O3S.C21H28N2O3S2.3CO2/c1-4-5-6-7-8-9-10-13-20-21-14-11-12-15-23(21)25(3)28(26,27)24-17-16-19(2)18-22(20)24;1-4-5-6-7-8-11-16-24-23-19-12-9-10-13-21(19)25(3)28(26,27)22-17-18(2)14-15-20(22)23;1-3-4-5-6-7-10-16-23-21-17-12-8-9-15-20(17)28(26,27)24(2)22-18(21)13-11-14-19(22)25;1-15(2)27-16-10-11-18-20(14-16)28(24,25)23(3)19-9-6-5-8-17(19)21(18)22-12-7-13-26-4;3*2-1-3/h11-12,14-18,20H,4-10,13H2,1-3H3;9-10,12-15,17,23-24H,4-8,11,16H2,1-3H3;8-9,11-15,21,23,25H,3-7,10,16H2,1-2H3;5-6,8-11,14-15,21-22H,7,12-13H2,1-4H3;;;. The number of phenolic OH excluding ortho intramolecular Hbond substituents is 1. The van der Waals surface area contributed by atoms with Gasteiger partial charge in [-0.15, -0.1) is 11.8 Å². The number of aryl methyl sites for hydroxylation is 2. The summed E-state index contributed by atoms with van der Waals surface area (Å²) in [5.74, 6) is 0.101. The predicted octanol–water partition coefficient (Wildman–Crippen LogP) is 18.4. The number of carbonyl (C=O) groups excluding carboxylic acids is 6. The van der Waals surface area contributed by atoms with Crippen LogP contribution in [-0.2, 0) is 73.6 Å². The number of para-hydroxylation sites is 4. The Morgan fingerprint density at radius 3 is 1.22 bits per heavy atom. The number of rotatable bonds is 31. The summed E-state index contributed by atoms with van der Waals surface area (Å²) in [6, 6.07) is 52.6. The van der Waals surface area contributed by atoms with Gasteiger partial charge in [-0.3, -0.25) is 17.2 Å². The highest BCUT2D eigenvalue weighted by atomic mass is 32.2. The lowest BCUT2D eigenvalue weighted by atomic mass is 9.85. The van der Waals surface area contributed by atoms with Crippen LogP contribution in [0, 0.1) is 13.8 Å². The number of hydrogen-bond acceptors (Lipinski definition) is 20. The maximum Gasteiger partial charge on any atom is 0.373 e. The second-order valence-corrected chi connectivity index (χ2v) is 39.9. The molecule has 4 aliphatic heterocycles. The van der Waals surface area contributed by atoms with Crippen LogP contribution in [0.1, 0.15) is 249 Å². The van der Waals surface area contributed by atoms with Crippen LogP contribution in [0.2, 0.25) is 0 Å². The van der Waals surface area contributed by atoms with Gasteiger partial charge in [-0.25, -0.2) is 33.7 Å². The molecule has 0 bridgehead atoms. The molecule has 0 aromatic heterocycles. The van der Waals surface area contributed by atoms with Crippen molar-refractivity contribution < 1.29 is 72.3 Å². The first-order valence-electron chi connectivity index (χ1n) is 41.8. The van der Waals surface area contributed by atoms with E-state index in [9.17, 15) is 38.8 Å². The molecule has 4 aliphatic rings. The van der Waals surface area contributed by atoms with E-state index in [-0.39, 0.29) is 53.1 Å². The largest absolute Gasteiger partial charge is 0.506 e. The van der Waals surface area contributed by atoms with E-state index >= 15 is 0 Å². The first-order valence-corrected chi connectivity index (χ1v) is 48.5. The zero-order valence-corrected chi connectivity index (χ0v) is 76.2. The summed E-state index contributed by atoms with van der Waals surface area (Å²) in [6.07, 6.45) is 26.1. The van der Waals surface area contributed by atoms with Crippen LogP contribution in [0.5, 0.6) is 5.75 Å². The number of thioether (sulfide) groups is 1. The molecule has 4 heterocycles. The Balaban J connectivity index is 0.000000241. The van der Waals surface area contributed by atoms with Crippen molar-refractivity contribution in [1.82, 2.24) is 16.0 Å². The fourth-order valence-electron chi connectivity index (χ4n) is 15.6. The highest BCUT2D eigenvalue weighted by Crippen LogP contribution is 2.48. The summed E-state index contributed by atoms with van der Waals surface area (Å²) < 4.78 is 117. The molecule has 0 amide bonds. The fraction of sp³-hybridized carbons (Fsp3) is 0.452. The van der Waals surface area contributed by atoms with Crippen molar-refractivity contribution in [3.05, 3.63) is 225 Å². The van der Waals surface area contributed by atoms with Crippen LogP contribution in [0.3, 0.4) is 0 Å². The highest BCUT2D eigenvalue weighted by Gasteiger charge is 2.40. The molecule has 0 spiro atoms. The minimum absolute atomic E-state index is 0.0252. The second kappa shape index (κ2) is 50.5. The Hall–Kier alpha value is -9.11. The minimum atomic E-state index is -3.74. The van der Waals surface area contributed by atoms with E-state index in [4.69, 9.17) is 33.5 Å². The molecule has 28 heteroatoms. The van der Waals surface area contributed by atoms with Gasteiger partial charge >= 0.3 is 18.5 Å². The average Bonchev–Trinajstić information content (AvgIpc) is 1.63. The quantitative estimate of drug-likeness (QED) is 0.0232. The highest BCUT2D eigenvalue weighted by molar-refractivity contribution is 8.00. The Kier molecular flexibility index (Phi) is 42.0. The maximum atomic E-state index is 13.4. The molecular weight excluding hydrogens is 1630 g/mol. The number of nitrogens with zero attached hydrogens (tertiary/aromatic N) is 4. The van der Waals surface area contributed by atoms with Gasteiger partial charge in [0.25, 0.3) is 40.1 Å². The van der Waals surface area contributed by atoms with Crippen LogP contribution >= 0.6 is 11.8 Å². The van der Waals surface area contributed by atoms with E-state index in [1.807, 2.05) is 135 Å². The number of aromatic hydroxyl groups is 1. The van der Waals surface area contributed by atoms with Crippen molar-refractivity contribution in [2.75, 3.05) is 78.8 Å². The third kappa shape index (κ3) is 26.9. The van der Waals surface area contributed by atoms with Crippen LogP contribution in [0.15, 0.2) is 194 Å². The third-order valence-electron chi connectivity index (χ3n) is 21.7. The number of anilines is 4. The van der Waals surface area contributed by atoms with Crippen LogP contribution in [0.25, 0.3) is 0 Å². The van der Waals surface area contributed by atoms with Gasteiger partial charge in [0, 0.05) is 63.5 Å². The molecule has 12 rings (SSSR count). The average molecular weight is 1760 g/mol. The summed E-state index contributed by atoms with van der Waals surface area (Å²) in [7, 11) is -6.35. The van der Waals surface area contributed by atoms with Gasteiger partial charge in [0.15, 0.2) is 0 Å². The zero-order valence-electron chi connectivity index (χ0n) is 72.1. The summed E-state index contributed by atoms with van der Waals surface area (Å²) >= 11 is 1.67. The molecule has 0 radical (unpaired) electrons. The lowest BCUT2D eigenvalue weighted by molar-refractivity contribution is -0.193. The zero-order chi connectivity index (χ0) is 88.9. The number of sulfonamides is 4. The van der Waals surface area contributed by atoms with Gasteiger partial charge in [0.05, 0.1) is 60.5 Å². The Labute approximate surface area is 723 Å². The molecule has 0 fully saturated rings. The molecule has 656 valence electrons. The summed E-state index contributed by atoms with van der Waals surface area (Å²) in [5, 5.41) is 21.6. The van der Waals surface area contributed by atoms with Crippen molar-refractivity contribution in [1.29, 1.82) is 0 Å². The molecule has 4 atom stereocenters. The lowest BCUT2D eigenvalue weighted by Gasteiger charge is -2.23. The van der Waals surface area contributed by atoms with Crippen molar-refractivity contribution >= 4 is 93.1 Å². The van der Waals surface area contributed by atoms with E-state index in [0.717, 1.165) is 130 Å². The first kappa shape index (κ1) is 101. The molecule has 0 saturated carbocycles.